The summed E-state index contributed by atoms with van der Waals surface area (Å²) < 4.78 is 0. The molecule has 1 aliphatic heterocycles. The lowest BCUT2D eigenvalue weighted by Gasteiger charge is -2.24. The zero-order valence-corrected chi connectivity index (χ0v) is 18.1. The van der Waals surface area contributed by atoms with Gasteiger partial charge >= 0.3 is 5.97 Å². The molecule has 1 aromatic heterocycles. The van der Waals surface area contributed by atoms with Gasteiger partial charge < -0.3 is 37.1 Å². The van der Waals surface area contributed by atoms with E-state index in [0.717, 1.165) is 6.42 Å². The van der Waals surface area contributed by atoms with Crippen LogP contribution < -0.4 is 27.0 Å². The van der Waals surface area contributed by atoms with E-state index in [1.165, 1.54) is 12.5 Å². The first-order chi connectivity index (χ1) is 15.2. The molecule has 2 heterocycles. The van der Waals surface area contributed by atoms with Gasteiger partial charge in [0.05, 0.1) is 18.8 Å². The molecule has 0 spiro atoms. The third kappa shape index (κ3) is 7.53. The van der Waals surface area contributed by atoms with E-state index in [2.05, 4.69) is 43.9 Å². The van der Waals surface area contributed by atoms with Gasteiger partial charge in [0.15, 0.2) is 0 Å². The fourth-order valence-electron chi connectivity index (χ4n) is 3.15. The molecule has 1 saturated heterocycles. The van der Waals surface area contributed by atoms with Gasteiger partial charge in [0.1, 0.15) is 18.1 Å². The number of imidazole rings is 1. The summed E-state index contributed by atoms with van der Waals surface area (Å²) in [5.41, 5.74) is 5.69. The maximum atomic E-state index is 12.7. The molecule has 4 unspecified atom stereocenters. The Kier molecular flexibility index (Phi) is 9.46. The Morgan fingerprint density at radius 2 is 1.84 bits per heavy atom. The monoisotopic (exact) mass is 469 g/mol. The van der Waals surface area contributed by atoms with E-state index >= 15 is 0 Å². The lowest BCUT2D eigenvalue weighted by molar-refractivity contribution is -0.142. The summed E-state index contributed by atoms with van der Waals surface area (Å²) in [6.07, 6.45) is 3.67. The Morgan fingerprint density at radius 3 is 2.38 bits per heavy atom. The standard InChI is InChI=1S/C18H27N7O6S/c19-14(26)5-11(23-15(27)10-2-1-3-21-10)16(28)25-13(7-32)17(29)24-12(18(30)31)4-9-6-20-8-22-9/h6,8,10-13,21,32H,1-5,7H2,(H2,19,26)(H,20,22)(H,23,27)(H,24,29)(H,25,28)(H,30,31). The molecule has 0 radical (unpaired) electrons. The van der Waals surface area contributed by atoms with Crippen molar-refractivity contribution in [3.8, 4) is 0 Å². The normalized spacial score (nSPS) is 18.2. The summed E-state index contributed by atoms with van der Waals surface area (Å²) in [6, 6.07) is -4.28. The number of hydrogen-bond acceptors (Lipinski definition) is 8. The molecule has 0 bridgehead atoms. The number of carboxylic acids is 1. The molecule has 32 heavy (non-hydrogen) atoms. The van der Waals surface area contributed by atoms with Gasteiger partial charge in [-0.1, -0.05) is 0 Å². The molecule has 0 saturated carbocycles. The molecule has 4 atom stereocenters. The number of nitrogens with one attached hydrogen (secondary N) is 5. The fourth-order valence-corrected chi connectivity index (χ4v) is 3.40. The van der Waals surface area contributed by atoms with Gasteiger partial charge in [-0.3, -0.25) is 19.2 Å². The minimum absolute atomic E-state index is 0.0525. The second-order valence-corrected chi connectivity index (χ2v) is 7.67. The van der Waals surface area contributed by atoms with Crippen molar-refractivity contribution in [1.29, 1.82) is 0 Å². The van der Waals surface area contributed by atoms with Gasteiger partial charge in [-0.05, 0) is 19.4 Å². The maximum absolute atomic E-state index is 12.7. The van der Waals surface area contributed by atoms with Crippen LogP contribution in [0.25, 0.3) is 0 Å². The van der Waals surface area contributed by atoms with Crippen LogP contribution >= 0.6 is 12.6 Å². The van der Waals surface area contributed by atoms with Gasteiger partial charge in [-0.2, -0.15) is 12.6 Å². The minimum atomic E-state index is -1.29. The second-order valence-electron chi connectivity index (χ2n) is 7.30. The summed E-state index contributed by atoms with van der Waals surface area (Å²) in [6.45, 7) is 0.663. The molecule has 13 nitrogen and oxygen atoms in total. The van der Waals surface area contributed by atoms with Crippen LogP contribution in [0, 0.1) is 0 Å². The molecule has 1 aromatic rings. The number of amides is 4. The van der Waals surface area contributed by atoms with Gasteiger partial charge in [0.25, 0.3) is 0 Å². The molecule has 1 aliphatic rings. The molecule has 8 N–H and O–H groups in total. The Labute approximate surface area is 189 Å². The third-order valence-corrected chi connectivity index (χ3v) is 5.19. The Morgan fingerprint density at radius 1 is 1.16 bits per heavy atom. The van der Waals surface area contributed by atoms with Crippen molar-refractivity contribution in [1.82, 2.24) is 31.2 Å². The minimum Gasteiger partial charge on any atom is -0.480 e. The molecule has 2 rings (SSSR count). The molecular weight excluding hydrogens is 442 g/mol. The maximum Gasteiger partial charge on any atom is 0.326 e. The van der Waals surface area contributed by atoms with E-state index in [1.54, 1.807) is 0 Å². The number of rotatable bonds is 12. The number of nitrogens with two attached hydrogens (primary N) is 1. The average Bonchev–Trinajstić information content (AvgIpc) is 3.44. The zero-order chi connectivity index (χ0) is 23.7. The number of hydrogen-bond donors (Lipinski definition) is 8. The highest BCUT2D eigenvalue weighted by Gasteiger charge is 2.31. The van der Waals surface area contributed by atoms with Crippen molar-refractivity contribution in [3.63, 3.8) is 0 Å². The predicted molar refractivity (Wildman–Crippen MR) is 114 cm³/mol. The van der Waals surface area contributed by atoms with E-state index < -0.39 is 60.2 Å². The smallest absolute Gasteiger partial charge is 0.326 e. The number of thiol groups is 1. The Balaban J connectivity index is 2.01. The number of aromatic amines is 1. The van der Waals surface area contributed by atoms with Crippen LogP contribution in [0.1, 0.15) is 25.0 Å². The third-order valence-electron chi connectivity index (χ3n) is 4.82. The number of nitrogens with zero attached hydrogens (tertiary/aromatic N) is 1. The first kappa shape index (κ1) is 25.1. The first-order valence-corrected chi connectivity index (χ1v) is 10.6. The number of H-pyrrole nitrogens is 1. The van der Waals surface area contributed by atoms with Crippen molar-refractivity contribution in [2.45, 2.75) is 49.9 Å². The zero-order valence-electron chi connectivity index (χ0n) is 17.2. The Hall–Kier alpha value is -3.13. The van der Waals surface area contributed by atoms with E-state index in [0.29, 0.717) is 18.7 Å². The van der Waals surface area contributed by atoms with Gasteiger partial charge in [0, 0.05) is 24.1 Å². The van der Waals surface area contributed by atoms with Crippen molar-refractivity contribution in [3.05, 3.63) is 18.2 Å². The fraction of sp³-hybridized carbons (Fsp3) is 0.556. The Bertz CT molecular complexity index is 828. The first-order valence-electron chi connectivity index (χ1n) is 9.95. The lowest BCUT2D eigenvalue weighted by Crippen LogP contribution is -2.58. The second kappa shape index (κ2) is 12.0. The van der Waals surface area contributed by atoms with Crippen LogP contribution in [0.5, 0.6) is 0 Å². The van der Waals surface area contributed by atoms with E-state index in [-0.39, 0.29) is 12.2 Å². The van der Waals surface area contributed by atoms with Gasteiger partial charge in [-0.25, -0.2) is 9.78 Å². The molecule has 4 amide bonds. The number of primary amides is 1. The van der Waals surface area contributed by atoms with Crippen molar-refractivity contribution < 1.29 is 29.1 Å². The number of carbonyl (C=O) groups excluding carboxylic acids is 4. The highest BCUT2D eigenvalue weighted by Crippen LogP contribution is 2.06. The van der Waals surface area contributed by atoms with Gasteiger partial charge in [0.2, 0.25) is 23.6 Å². The molecule has 0 aromatic carbocycles. The molecule has 14 heteroatoms. The summed E-state index contributed by atoms with van der Waals surface area (Å²) in [4.78, 5) is 67.0. The van der Waals surface area contributed by atoms with E-state index in [1.807, 2.05) is 0 Å². The van der Waals surface area contributed by atoms with Crippen molar-refractivity contribution >= 4 is 42.2 Å². The van der Waals surface area contributed by atoms with Crippen LogP contribution in [0.4, 0.5) is 0 Å². The van der Waals surface area contributed by atoms with Crippen molar-refractivity contribution in [2.75, 3.05) is 12.3 Å². The molecule has 1 fully saturated rings. The molecular formula is C18H27N7O6S. The largest absolute Gasteiger partial charge is 0.480 e. The number of carbonyl (C=O) groups is 5. The van der Waals surface area contributed by atoms with Gasteiger partial charge in [-0.15, -0.1) is 0 Å². The van der Waals surface area contributed by atoms with Crippen LogP contribution in [-0.2, 0) is 30.4 Å². The van der Waals surface area contributed by atoms with E-state index in [9.17, 15) is 29.1 Å². The van der Waals surface area contributed by atoms with Crippen LogP contribution in [0.2, 0.25) is 0 Å². The highest BCUT2D eigenvalue weighted by molar-refractivity contribution is 7.80. The summed E-state index contributed by atoms with van der Waals surface area (Å²) in [7, 11) is 0. The predicted octanol–water partition coefficient (Wildman–Crippen LogP) is -2.95. The highest BCUT2D eigenvalue weighted by atomic mass is 32.1. The number of aliphatic carboxylic acids is 1. The van der Waals surface area contributed by atoms with Crippen LogP contribution in [0.15, 0.2) is 12.5 Å². The average molecular weight is 470 g/mol. The van der Waals surface area contributed by atoms with E-state index in [4.69, 9.17) is 5.73 Å². The summed E-state index contributed by atoms with van der Waals surface area (Å²) >= 11 is 4.04. The quantitative estimate of drug-likeness (QED) is 0.148. The summed E-state index contributed by atoms with van der Waals surface area (Å²) in [5.74, 6) is -4.31. The topological polar surface area (TPSA) is 208 Å². The number of carboxylic acid groups (broad SMARTS) is 1. The lowest BCUT2D eigenvalue weighted by atomic mass is 10.1. The summed E-state index contributed by atoms with van der Waals surface area (Å²) in [5, 5.41) is 19.6. The van der Waals surface area contributed by atoms with Crippen LogP contribution in [0.3, 0.4) is 0 Å². The molecule has 0 aliphatic carbocycles. The SMILES string of the molecule is NC(=O)CC(NC(=O)C1CCCN1)C(=O)NC(CS)C(=O)NC(Cc1cnc[nH]1)C(=O)O. The molecule has 176 valence electrons. The van der Waals surface area contributed by atoms with Crippen LogP contribution in [-0.4, -0.2) is 81.1 Å². The number of aromatic nitrogens is 2. The van der Waals surface area contributed by atoms with Crippen molar-refractivity contribution in [2.24, 2.45) is 5.73 Å².